The van der Waals surface area contributed by atoms with Crippen LogP contribution in [0.1, 0.15) is 36.2 Å². The number of likely N-dealkylation sites (tertiary alicyclic amines) is 1. The average Bonchev–Trinajstić information content (AvgIpc) is 2.74. The number of carbonyl (C=O) groups excluding carboxylic acids is 1. The standard InChI is InChI=1S/C22H27N3O2.CH4/c26-21(20-6-2-1-3-7-20)25-15-16-27-22(18-25)9-13-24(14-10-22)12-8-19-5-4-11-23-17-19;/h1-7,11,17H,8-10,12-16,18H2;1H4. The van der Waals surface area contributed by atoms with Crippen LogP contribution in [-0.4, -0.2) is 65.6 Å². The van der Waals surface area contributed by atoms with Gasteiger partial charge in [-0.25, -0.2) is 0 Å². The molecule has 2 fully saturated rings. The molecular formula is C23H31N3O2. The molecule has 1 aromatic carbocycles. The van der Waals surface area contributed by atoms with E-state index in [4.69, 9.17) is 4.74 Å². The van der Waals surface area contributed by atoms with Crippen LogP contribution in [0.5, 0.6) is 0 Å². The van der Waals surface area contributed by atoms with Crippen LogP contribution < -0.4 is 0 Å². The molecule has 0 bridgehead atoms. The molecular weight excluding hydrogens is 350 g/mol. The van der Waals surface area contributed by atoms with Gasteiger partial charge in [0, 0.05) is 44.1 Å². The number of pyridine rings is 1. The normalized spacial score (nSPS) is 19.2. The van der Waals surface area contributed by atoms with Crippen molar-refractivity contribution in [3.05, 3.63) is 66.0 Å². The third-order valence-electron chi connectivity index (χ3n) is 5.76. The average molecular weight is 382 g/mol. The van der Waals surface area contributed by atoms with E-state index in [9.17, 15) is 4.79 Å². The van der Waals surface area contributed by atoms with Crippen molar-refractivity contribution in [3.63, 3.8) is 0 Å². The van der Waals surface area contributed by atoms with Gasteiger partial charge in [0.05, 0.1) is 18.8 Å². The molecule has 1 amide bonds. The molecule has 150 valence electrons. The Morgan fingerprint density at radius 3 is 2.57 bits per heavy atom. The van der Waals surface area contributed by atoms with Crippen molar-refractivity contribution >= 4 is 5.91 Å². The van der Waals surface area contributed by atoms with Crippen molar-refractivity contribution < 1.29 is 9.53 Å². The van der Waals surface area contributed by atoms with Gasteiger partial charge >= 0.3 is 0 Å². The molecule has 0 saturated carbocycles. The summed E-state index contributed by atoms with van der Waals surface area (Å²) in [6.45, 7) is 5.11. The lowest BCUT2D eigenvalue weighted by molar-refractivity contribution is -0.127. The number of amides is 1. The van der Waals surface area contributed by atoms with E-state index in [1.165, 1.54) is 5.56 Å². The topological polar surface area (TPSA) is 45.7 Å². The number of piperidine rings is 1. The number of nitrogens with zero attached hydrogens (tertiary/aromatic N) is 3. The Bertz CT molecular complexity index is 743. The van der Waals surface area contributed by atoms with E-state index in [2.05, 4.69) is 16.0 Å². The van der Waals surface area contributed by atoms with Crippen molar-refractivity contribution in [1.82, 2.24) is 14.8 Å². The monoisotopic (exact) mass is 381 g/mol. The summed E-state index contributed by atoms with van der Waals surface area (Å²) in [6, 6.07) is 13.7. The van der Waals surface area contributed by atoms with Crippen molar-refractivity contribution in [1.29, 1.82) is 0 Å². The molecule has 28 heavy (non-hydrogen) atoms. The fraction of sp³-hybridized carbons (Fsp3) is 0.478. The van der Waals surface area contributed by atoms with Crippen LogP contribution in [0, 0.1) is 0 Å². The molecule has 5 heteroatoms. The van der Waals surface area contributed by atoms with Gasteiger partial charge in [0.25, 0.3) is 5.91 Å². The number of benzene rings is 1. The van der Waals surface area contributed by atoms with E-state index in [0.717, 1.165) is 44.5 Å². The minimum absolute atomic E-state index is 0. The summed E-state index contributed by atoms with van der Waals surface area (Å²) >= 11 is 0. The number of rotatable bonds is 4. The maximum atomic E-state index is 12.8. The van der Waals surface area contributed by atoms with E-state index in [-0.39, 0.29) is 18.9 Å². The number of morpholine rings is 1. The molecule has 0 radical (unpaired) electrons. The Balaban J connectivity index is 0.00000225. The van der Waals surface area contributed by atoms with Crippen LogP contribution in [0.25, 0.3) is 0 Å². The molecule has 1 spiro atoms. The third kappa shape index (κ3) is 4.78. The van der Waals surface area contributed by atoms with Gasteiger partial charge in [0.2, 0.25) is 0 Å². The first kappa shape index (κ1) is 20.5. The lowest BCUT2D eigenvalue weighted by atomic mass is 9.89. The van der Waals surface area contributed by atoms with Crippen LogP contribution in [-0.2, 0) is 11.2 Å². The lowest BCUT2D eigenvalue weighted by Gasteiger charge is -2.47. The van der Waals surface area contributed by atoms with Gasteiger partial charge in [0.15, 0.2) is 0 Å². The van der Waals surface area contributed by atoms with E-state index >= 15 is 0 Å². The second-order valence-electron chi connectivity index (χ2n) is 7.58. The number of carbonyl (C=O) groups is 1. The maximum Gasteiger partial charge on any atom is 0.254 e. The predicted molar refractivity (Wildman–Crippen MR) is 111 cm³/mol. The fourth-order valence-corrected chi connectivity index (χ4v) is 4.10. The minimum Gasteiger partial charge on any atom is -0.371 e. The lowest BCUT2D eigenvalue weighted by Crippen LogP contribution is -2.58. The van der Waals surface area contributed by atoms with Crippen LogP contribution in [0.3, 0.4) is 0 Å². The first-order valence-electron chi connectivity index (χ1n) is 9.84. The second-order valence-corrected chi connectivity index (χ2v) is 7.58. The summed E-state index contributed by atoms with van der Waals surface area (Å²) in [7, 11) is 0. The molecule has 1 aromatic heterocycles. The molecule has 3 heterocycles. The van der Waals surface area contributed by atoms with Crippen LogP contribution in [0.2, 0.25) is 0 Å². The zero-order chi connectivity index (χ0) is 18.5. The molecule has 2 saturated heterocycles. The summed E-state index contributed by atoms with van der Waals surface area (Å²) in [6.07, 6.45) is 6.76. The first-order chi connectivity index (χ1) is 13.2. The highest BCUT2D eigenvalue weighted by molar-refractivity contribution is 5.94. The minimum atomic E-state index is -0.173. The van der Waals surface area contributed by atoms with Crippen molar-refractivity contribution in [3.8, 4) is 0 Å². The number of hydrogen-bond donors (Lipinski definition) is 0. The Labute approximate surface area is 168 Å². The van der Waals surface area contributed by atoms with E-state index in [1.54, 1.807) is 0 Å². The Morgan fingerprint density at radius 2 is 1.86 bits per heavy atom. The first-order valence-corrected chi connectivity index (χ1v) is 9.84. The fourth-order valence-electron chi connectivity index (χ4n) is 4.10. The summed E-state index contributed by atoms with van der Waals surface area (Å²) in [5.74, 6) is 0.122. The predicted octanol–water partition coefficient (Wildman–Crippen LogP) is 3.27. The smallest absolute Gasteiger partial charge is 0.254 e. The number of aromatic nitrogens is 1. The molecule has 0 atom stereocenters. The highest BCUT2D eigenvalue weighted by atomic mass is 16.5. The largest absolute Gasteiger partial charge is 0.371 e. The zero-order valence-electron chi connectivity index (χ0n) is 15.7. The zero-order valence-corrected chi connectivity index (χ0v) is 15.7. The van der Waals surface area contributed by atoms with Gasteiger partial charge in [-0.2, -0.15) is 0 Å². The van der Waals surface area contributed by atoms with Gasteiger partial charge < -0.3 is 14.5 Å². The maximum absolute atomic E-state index is 12.8. The highest BCUT2D eigenvalue weighted by Gasteiger charge is 2.40. The van der Waals surface area contributed by atoms with Gasteiger partial charge in [0.1, 0.15) is 0 Å². The molecule has 2 aliphatic rings. The summed E-state index contributed by atoms with van der Waals surface area (Å²) < 4.78 is 6.20. The summed E-state index contributed by atoms with van der Waals surface area (Å²) in [5, 5.41) is 0. The Morgan fingerprint density at radius 1 is 1.07 bits per heavy atom. The Kier molecular flexibility index (Phi) is 6.81. The SMILES string of the molecule is C.O=C(c1ccccc1)N1CCOC2(CCN(CCc3cccnc3)CC2)C1. The molecule has 0 N–H and O–H groups in total. The highest BCUT2D eigenvalue weighted by Crippen LogP contribution is 2.30. The van der Waals surface area contributed by atoms with Crippen LogP contribution in [0.15, 0.2) is 54.9 Å². The second kappa shape index (κ2) is 9.30. The number of ether oxygens (including phenoxy) is 1. The van der Waals surface area contributed by atoms with Crippen LogP contribution in [0.4, 0.5) is 0 Å². The number of hydrogen-bond acceptors (Lipinski definition) is 4. The van der Waals surface area contributed by atoms with Crippen LogP contribution >= 0.6 is 0 Å². The van der Waals surface area contributed by atoms with E-state index < -0.39 is 0 Å². The van der Waals surface area contributed by atoms with Crippen molar-refractivity contribution in [2.24, 2.45) is 0 Å². The van der Waals surface area contributed by atoms with Crippen molar-refractivity contribution in [2.45, 2.75) is 32.3 Å². The van der Waals surface area contributed by atoms with E-state index in [1.807, 2.05) is 53.7 Å². The van der Waals surface area contributed by atoms with Gasteiger partial charge in [-0.15, -0.1) is 0 Å². The van der Waals surface area contributed by atoms with Gasteiger partial charge in [-0.1, -0.05) is 31.7 Å². The van der Waals surface area contributed by atoms with Gasteiger partial charge in [-0.3, -0.25) is 9.78 Å². The molecule has 0 aliphatic carbocycles. The van der Waals surface area contributed by atoms with Crippen molar-refractivity contribution in [2.75, 3.05) is 39.3 Å². The molecule has 2 aromatic rings. The molecule has 2 aliphatic heterocycles. The molecule has 4 rings (SSSR count). The summed E-state index contributed by atoms with van der Waals surface area (Å²) in [4.78, 5) is 21.5. The molecule has 0 unspecified atom stereocenters. The Hall–Kier alpha value is -2.24. The molecule has 5 nitrogen and oxygen atoms in total. The summed E-state index contributed by atoms with van der Waals surface area (Å²) in [5.41, 5.74) is 1.88. The third-order valence-corrected chi connectivity index (χ3v) is 5.76. The quantitative estimate of drug-likeness (QED) is 0.815. The van der Waals surface area contributed by atoms with E-state index in [0.29, 0.717) is 19.7 Å². The van der Waals surface area contributed by atoms with Gasteiger partial charge in [-0.05, 0) is 43.0 Å².